The van der Waals surface area contributed by atoms with Crippen molar-refractivity contribution in [2.75, 3.05) is 0 Å². The molecule has 144 valence electrons. The third-order valence-corrected chi connectivity index (χ3v) is 4.00. The van der Waals surface area contributed by atoms with Crippen LogP contribution < -0.4 is 0 Å². The summed E-state index contributed by atoms with van der Waals surface area (Å²) in [6.45, 7) is 9.38. The Hall–Kier alpha value is -1.68. The molecule has 0 saturated carbocycles. The zero-order valence-corrected chi connectivity index (χ0v) is 17.1. The van der Waals surface area contributed by atoms with Gasteiger partial charge < -0.3 is 15.0 Å². The highest BCUT2D eigenvalue weighted by Gasteiger charge is 2.09. The van der Waals surface area contributed by atoms with Crippen molar-refractivity contribution >= 4 is 17.4 Å². The minimum absolute atomic E-state index is 0.0805. The van der Waals surface area contributed by atoms with E-state index in [0.717, 1.165) is 5.56 Å². The van der Waals surface area contributed by atoms with Crippen LogP contribution in [0.2, 0.25) is 5.02 Å². The third kappa shape index (κ3) is 12.6. The number of aliphatic hydroxyl groups excluding tert-OH is 2. The molecular formula is C22H31ClO3. The maximum Gasteiger partial charge on any atom is 0.130 e. The molecule has 2 unspecified atom stereocenters. The van der Waals surface area contributed by atoms with Gasteiger partial charge in [0.15, 0.2) is 0 Å². The lowest BCUT2D eigenvalue weighted by molar-refractivity contribution is -0.118. The van der Waals surface area contributed by atoms with E-state index in [0.29, 0.717) is 11.4 Å². The number of aryl methyl sites for hydroxylation is 2. The van der Waals surface area contributed by atoms with Crippen LogP contribution in [0.5, 0.6) is 0 Å². The van der Waals surface area contributed by atoms with Gasteiger partial charge in [0.05, 0.1) is 12.7 Å². The number of benzene rings is 2. The SMILES string of the molecule is CC(=O)CC(C)C(C)O.Cc1ccc(C)cc1.OCc1ccc(Cl)cc1. The van der Waals surface area contributed by atoms with E-state index in [1.165, 1.54) is 11.1 Å². The number of carbonyl (C=O) groups is 1. The molecule has 0 aromatic heterocycles. The van der Waals surface area contributed by atoms with E-state index in [-0.39, 0.29) is 24.4 Å². The Kier molecular flexibility index (Phi) is 12.6. The normalized spacial score (nSPS) is 12.0. The first-order valence-electron chi connectivity index (χ1n) is 8.71. The van der Waals surface area contributed by atoms with Crippen molar-refractivity contribution in [3.63, 3.8) is 0 Å². The van der Waals surface area contributed by atoms with E-state index < -0.39 is 0 Å². The van der Waals surface area contributed by atoms with Crippen molar-refractivity contribution in [2.24, 2.45) is 5.92 Å². The smallest absolute Gasteiger partial charge is 0.130 e. The van der Waals surface area contributed by atoms with Gasteiger partial charge in [-0.3, -0.25) is 0 Å². The molecule has 2 N–H and O–H groups in total. The maximum atomic E-state index is 10.4. The molecule has 0 aliphatic rings. The fourth-order valence-electron chi connectivity index (χ4n) is 1.85. The zero-order valence-electron chi connectivity index (χ0n) is 16.4. The molecule has 2 atom stereocenters. The third-order valence-electron chi connectivity index (χ3n) is 3.75. The molecule has 0 aliphatic heterocycles. The first kappa shape index (κ1) is 24.3. The van der Waals surface area contributed by atoms with Crippen LogP contribution >= 0.6 is 11.6 Å². The number of ketones is 1. The van der Waals surface area contributed by atoms with Crippen LogP contribution in [-0.4, -0.2) is 22.1 Å². The summed E-state index contributed by atoms with van der Waals surface area (Å²) in [6, 6.07) is 15.6. The standard InChI is InChI=1S/C8H10.C7H7ClO.C7H14O2/c1-7-3-5-8(2)6-4-7;8-7-3-1-6(5-9)2-4-7;1-5(7(3)9)4-6(2)8/h3-6H,1-2H3;1-4,9H,5H2;5,7,9H,4H2,1-3H3. The minimum atomic E-state index is -0.367. The summed E-state index contributed by atoms with van der Waals surface area (Å²) in [5, 5.41) is 18.2. The van der Waals surface area contributed by atoms with Crippen molar-refractivity contribution in [2.45, 2.75) is 53.8 Å². The Balaban J connectivity index is 0.000000361. The van der Waals surface area contributed by atoms with Gasteiger partial charge in [-0.15, -0.1) is 0 Å². The van der Waals surface area contributed by atoms with Crippen LogP contribution in [0.3, 0.4) is 0 Å². The topological polar surface area (TPSA) is 57.5 Å². The van der Waals surface area contributed by atoms with E-state index in [9.17, 15) is 4.79 Å². The zero-order chi connectivity index (χ0) is 20.1. The van der Waals surface area contributed by atoms with Crippen LogP contribution in [0, 0.1) is 19.8 Å². The molecule has 0 spiro atoms. The largest absolute Gasteiger partial charge is 0.393 e. The average Bonchev–Trinajstić information content (AvgIpc) is 2.59. The summed E-state index contributed by atoms with van der Waals surface area (Å²) in [5.74, 6) is 0.242. The van der Waals surface area contributed by atoms with E-state index in [2.05, 4.69) is 38.1 Å². The van der Waals surface area contributed by atoms with Gasteiger partial charge in [-0.25, -0.2) is 0 Å². The fraction of sp³-hybridized carbons (Fsp3) is 0.409. The summed E-state index contributed by atoms with van der Waals surface area (Å²) >= 11 is 5.59. The minimum Gasteiger partial charge on any atom is -0.393 e. The molecule has 2 aromatic carbocycles. The second kappa shape index (κ2) is 13.5. The number of carbonyl (C=O) groups excluding carboxylic acids is 1. The summed E-state index contributed by atoms with van der Waals surface area (Å²) in [4.78, 5) is 10.4. The van der Waals surface area contributed by atoms with Gasteiger partial charge in [0.25, 0.3) is 0 Å². The van der Waals surface area contributed by atoms with Gasteiger partial charge in [0.2, 0.25) is 0 Å². The lowest BCUT2D eigenvalue weighted by Gasteiger charge is -2.11. The first-order chi connectivity index (χ1) is 12.1. The van der Waals surface area contributed by atoms with Crippen LogP contribution in [0.15, 0.2) is 48.5 Å². The molecule has 3 nitrogen and oxygen atoms in total. The van der Waals surface area contributed by atoms with Crippen LogP contribution in [0.25, 0.3) is 0 Å². The molecule has 0 amide bonds. The fourth-order valence-corrected chi connectivity index (χ4v) is 1.98. The second-order valence-corrected chi connectivity index (χ2v) is 7.00. The Morgan fingerprint density at radius 3 is 1.65 bits per heavy atom. The second-order valence-electron chi connectivity index (χ2n) is 6.56. The first-order valence-corrected chi connectivity index (χ1v) is 9.09. The summed E-state index contributed by atoms with van der Waals surface area (Å²) < 4.78 is 0. The predicted molar refractivity (Wildman–Crippen MR) is 109 cm³/mol. The van der Waals surface area contributed by atoms with Crippen LogP contribution in [-0.2, 0) is 11.4 Å². The molecule has 0 radical (unpaired) electrons. The van der Waals surface area contributed by atoms with Gasteiger partial charge in [0.1, 0.15) is 5.78 Å². The molecule has 26 heavy (non-hydrogen) atoms. The lowest BCUT2D eigenvalue weighted by atomic mass is 10.0. The molecule has 2 rings (SSSR count). The lowest BCUT2D eigenvalue weighted by Crippen LogP contribution is -2.15. The van der Waals surface area contributed by atoms with Gasteiger partial charge in [-0.2, -0.15) is 0 Å². The number of hydrogen-bond acceptors (Lipinski definition) is 3. The highest BCUT2D eigenvalue weighted by Crippen LogP contribution is 2.08. The molecular weight excluding hydrogens is 348 g/mol. The summed E-state index contributed by atoms with van der Waals surface area (Å²) in [7, 11) is 0. The Bertz CT molecular complexity index is 598. The molecule has 0 fully saturated rings. The molecule has 0 bridgehead atoms. The highest BCUT2D eigenvalue weighted by molar-refractivity contribution is 6.30. The van der Waals surface area contributed by atoms with Gasteiger partial charge in [-0.05, 0) is 51.3 Å². The Morgan fingerprint density at radius 1 is 0.962 bits per heavy atom. The number of rotatable bonds is 4. The van der Waals surface area contributed by atoms with Gasteiger partial charge in [-0.1, -0.05) is 66.0 Å². The summed E-state index contributed by atoms with van der Waals surface area (Å²) in [5.41, 5.74) is 3.55. The molecule has 4 heteroatoms. The van der Waals surface area contributed by atoms with E-state index in [1.807, 2.05) is 6.92 Å². The van der Waals surface area contributed by atoms with Crippen molar-refractivity contribution in [3.05, 3.63) is 70.2 Å². The van der Waals surface area contributed by atoms with Crippen molar-refractivity contribution in [1.29, 1.82) is 0 Å². The van der Waals surface area contributed by atoms with Crippen molar-refractivity contribution < 1.29 is 15.0 Å². The quantitative estimate of drug-likeness (QED) is 0.776. The Labute approximate surface area is 162 Å². The van der Waals surface area contributed by atoms with Crippen molar-refractivity contribution in [1.82, 2.24) is 0 Å². The molecule has 0 saturated heterocycles. The maximum absolute atomic E-state index is 10.4. The number of aliphatic hydroxyl groups is 2. The number of Topliss-reactive ketones (excluding diaryl/α,β-unsaturated/α-hetero) is 1. The van der Waals surface area contributed by atoms with Crippen molar-refractivity contribution in [3.8, 4) is 0 Å². The van der Waals surface area contributed by atoms with Gasteiger partial charge >= 0.3 is 0 Å². The predicted octanol–water partition coefficient (Wildman–Crippen LogP) is 5.12. The molecule has 0 aliphatic carbocycles. The number of hydrogen-bond donors (Lipinski definition) is 2. The van der Waals surface area contributed by atoms with Crippen LogP contribution in [0.1, 0.15) is 43.9 Å². The average molecular weight is 379 g/mol. The van der Waals surface area contributed by atoms with E-state index in [4.69, 9.17) is 21.8 Å². The van der Waals surface area contributed by atoms with E-state index >= 15 is 0 Å². The van der Waals surface area contributed by atoms with E-state index in [1.54, 1.807) is 38.1 Å². The molecule has 2 aromatic rings. The highest BCUT2D eigenvalue weighted by atomic mass is 35.5. The monoisotopic (exact) mass is 378 g/mol. The molecule has 0 heterocycles. The summed E-state index contributed by atoms with van der Waals surface area (Å²) in [6.07, 6.45) is 0.117. The van der Waals surface area contributed by atoms with Crippen LogP contribution in [0.4, 0.5) is 0 Å². The number of halogens is 1. The van der Waals surface area contributed by atoms with Gasteiger partial charge in [0, 0.05) is 11.4 Å². The Morgan fingerprint density at radius 2 is 1.38 bits per heavy atom.